The number of hydrogen-bond acceptors (Lipinski definition) is 3. The fraction of sp³-hybridized carbons (Fsp3) is 0.222. The Balaban J connectivity index is 1.59. The molecular weight excluding hydrogens is 290 g/mol. The molecule has 0 saturated heterocycles. The molecule has 23 heavy (non-hydrogen) atoms. The van der Waals surface area contributed by atoms with Gasteiger partial charge in [-0.15, -0.1) is 0 Å². The summed E-state index contributed by atoms with van der Waals surface area (Å²) in [6, 6.07) is 11.8. The van der Waals surface area contributed by atoms with E-state index in [0.29, 0.717) is 24.4 Å². The van der Waals surface area contributed by atoms with Crippen LogP contribution in [0.2, 0.25) is 0 Å². The molecule has 0 saturated carbocycles. The molecule has 3 heterocycles. The van der Waals surface area contributed by atoms with Gasteiger partial charge in [0, 0.05) is 18.5 Å². The summed E-state index contributed by atoms with van der Waals surface area (Å²) >= 11 is 0. The number of fused-ring (bicyclic) bond motifs is 1. The number of carbonyl (C=O) groups is 1. The molecule has 1 aliphatic heterocycles. The van der Waals surface area contributed by atoms with E-state index in [2.05, 4.69) is 9.97 Å². The van der Waals surface area contributed by atoms with Crippen LogP contribution in [0.4, 0.5) is 0 Å². The highest BCUT2D eigenvalue weighted by Crippen LogP contribution is 2.24. The van der Waals surface area contributed by atoms with Crippen molar-refractivity contribution in [3.63, 3.8) is 0 Å². The summed E-state index contributed by atoms with van der Waals surface area (Å²) < 4.78 is 5.24. The average molecular weight is 307 g/mol. The SMILES string of the molecule is Cc1occc1C(=O)N1CCc2nc(-c3ccccc3)[nH]c2C1. The molecule has 1 aliphatic rings. The van der Waals surface area contributed by atoms with Gasteiger partial charge in [-0.3, -0.25) is 4.79 Å². The first-order valence-corrected chi connectivity index (χ1v) is 7.69. The van der Waals surface area contributed by atoms with Crippen LogP contribution >= 0.6 is 0 Å². The van der Waals surface area contributed by atoms with Gasteiger partial charge in [-0.25, -0.2) is 4.98 Å². The molecule has 5 nitrogen and oxygen atoms in total. The van der Waals surface area contributed by atoms with Crippen molar-refractivity contribution >= 4 is 5.91 Å². The van der Waals surface area contributed by atoms with Crippen LogP contribution in [0.25, 0.3) is 11.4 Å². The lowest BCUT2D eigenvalue weighted by Gasteiger charge is -2.26. The van der Waals surface area contributed by atoms with E-state index in [9.17, 15) is 4.79 Å². The van der Waals surface area contributed by atoms with Gasteiger partial charge in [0.15, 0.2) is 0 Å². The minimum atomic E-state index is 0.0118. The van der Waals surface area contributed by atoms with Crippen LogP contribution in [-0.2, 0) is 13.0 Å². The second kappa shape index (κ2) is 5.43. The number of hydrogen-bond donors (Lipinski definition) is 1. The molecule has 1 N–H and O–H groups in total. The Morgan fingerprint density at radius 3 is 2.83 bits per heavy atom. The van der Waals surface area contributed by atoms with Crippen LogP contribution in [0.1, 0.15) is 27.5 Å². The first-order chi connectivity index (χ1) is 11.2. The molecule has 1 aromatic carbocycles. The summed E-state index contributed by atoms with van der Waals surface area (Å²) in [4.78, 5) is 22.5. The maximum Gasteiger partial charge on any atom is 0.257 e. The first kappa shape index (κ1) is 13.8. The molecular formula is C18H17N3O2. The Kier molecular flexibility index (Phi) is 3.26. The number of aromatic amines is 1. The largest absolute Gasteiger partial charge is 0.469 e. The second-order valence-electron chi connectivity index (χ2n) is 5.74. The van der Waals surface area contributed by atoms with Crippen molar-refractivity contribution in [1.82, 2.24) is 14.9 Å². The number of imidazole rings is 1. The Morgan fingerprint density at radius 2 is 2.09 bits per heavy atom. The fourth-order valence-corrected chi connectivity index (χ4v) is 2.98. The molecule has 1 amide bonds. The van der Waals surface area contributed by atoms with Crippen LogP contribution in [0.5, 0.6) is 0 Å². The van der Waals surface area contributed by atoms with Gasteiger partial charge in [-0.2, -0.15) is 0 Å². The number of benzene rings is 1. The molecule has 0 atom stereocenters. The Hall–Kier alpha value is -2.82. The van der Waals surface area contributed by atoms with Crippen LogP contribution in [0.3, 0.4) is 0 Å². The minimum absolute atomic E-state index is 0.0118. The van der Waals surface area contributed by atoms with E-state index >= 15 is 0 Å². The summed E-state index contributed by atoms with van der Waals surface area (Å²) in [6.45, 7) is 3.04. The molecule has 116 valence electrons. The maximum atomic E-state index is 12.6. The molecule has 0 spiro atoms. The number of furan rings is 1. The molecule has 2 aromatic heterocycles. The van der Waals surface area contributed by atoms with Crippen molar-refractivity contribution in [2.75, 3.05) is 6.54 Å². The van der Waals surface area contributed by atoms with E-state index in [1.165, 1.54) is 0 Å². The molecule has 0 aliphatic carbocycles. The molecule has 3 aromatic rings. The standard InChI is InChI=1S/C18H17N3O2/c1-12-14(8-10-23-12)18(22)21-9-7-15-16(11-21)20-17(19-15)13-5-3-2-4-6-13/h2-6,8,10H,7,9,11H2,1H3,(H,19,20). The van der Waals surface area contributed by atoms with Crippen molar-refractivity contribution in [2.45, 2.75) is 19.9 Å². The van der Waals surface area contributed by atoms with Crippen molar-refractivity contribution in [3.8, 4) is 11.4 Å². The van der Waals surface area contributed by atoms with Crippen molar-refractivity contribution in [2.24, 2.45) is 0 Å². The third kappa shape index (κ3) is 2.44. The van der Waals surface area contributed by atoms with E-state index < -0.39 is 0 Å². The average Bonchev–Trinajstić information content (AvgIpc) is 3.20. The van der Waals surface area contributed by atoms with E-state index in [1.807, 2.05) is 42.2 Å². The lowest BCUT2D eigenvalue weighted by atomic mass is 10.1. The second-order valence-corrected chi connectivity index (χ2v) is 5.74. The number of H-pyrrole nitrogens is 1. The summed E-state index contributed by atoms with van der Waals surface area (Å²) in [5.41, 5.74) is 3.77. The van der Waals surface area contributed by atoms with Crippen molar-refractivity contribution < 1.29 is 9.21 Å². The number of rotatable bonds is 2. The van der Waals surface area contributed by atoms with Gasteiger partial charge < -0.3 is 14.3 Å². The quantitative estimate of drug-likeness (QED) is 0.791. The Labute approximate surface area is 134 Å². The predicted octanol–water partition coefficient (Wildman–Crippen LogP) is 3.18. The molecule has 5 heteroatoms. The smallest absolute Gasteiger partial charge is 0.257 e. The zero-order valence-corrected chi connectivity index (χ0v) is 12.9. The van der Waals surface area contributed by atoms with Crippen LogP contribution in [0, 0.1) is 6.92 Å². The predicted molar refractivity (Wildman–Crippen MR) is 85.9 cm³/mol. The zero-order valence-electron chi connectivity index (χ0n) is 12.9. The monoisotopic (exact) mass is 307 g/mol. The molecule has 0 radical (unpaired) electrons. The van der Waals surface area contributed by atoms with Gasteiger partial charge in [-0.1, -0.05) is 30.3 Å². The van der Waals surface area contributed by atoms with E-state index in [0.717, 1.165) is 29.2 Å². The lowest BCUT2D eigenvalue weighted by Crippen LogP contribution is -2.36. The van der Waals surface area contributed by atoms with Gasteiger partial charge in [0.2, 0.25) is 0 Å². The molecule has 4 rings (SSSR count). The minimum Gasteiger partial charge on any atom is -0.469 e. The summed E-state index contributed by atoms with van der Waals surface area (Å²) in [6.07, 6.45) is 2.32. The van der Waals surface area contributed by atoms with E-state index in [-0.39, 0.29) is 5.91 Å². The number of aryl methyl sites for hydroxylation is 1. The number of amides is 1. The number of nitrogens with one attached hydrogen (secondary N) is 1. The van der Waals surface area contributed by atoms with Gasteiger partial charge in [0.25, 0.3) is 5.91 Å². The Morgan fingerprint density at radius 1 is 1.26 bits per heavy atom. The highest BCUT2D eigenvalue weighted by molar-refractivity contribution is 5.95. The van der Waals surface area contributed by atoms with Crippen molar-refractivity contribution in [3.05, 3.63) is 65.4 Å². The third-order valence-corrected chi connectivity index (χ3v) is 4.26. The van der Waals surface area contributed by atoms with Crippen molar-refractivity contribution in [1.29, 1.82) is 0 Å². The van der Waals surface area contributed by atoms with Crippen LogP contribution in [0.15, 0.2) is 47.1 Å². The topological polar surface area (TPSA) is 62.1 Å². The first-order valence-electron chi connectivity index (χ1n) is 7.69. The number of aromatic nitrogens is 2. The number of carbonyl (C=O) groups excluding carboxylic acids is 1. The molecule has 0 unspecified atom stereocenters. The van der Waals surface area contributed by atoms with E-state index in [4.69, 9.17) is 4.42 Å². The Bertz CT molecular complexity index is 848. The zero-order chi connectivity index (χ0) is 15.8. The summed E-state index contributed by atoms with van der Waals surface area (Å²) in [5.74, 6) is 1.54. The highest BCUT2D eigenvalue weighted by atomic mass is 16.3. The normalized spacial score (nSPS) is 13.9. The van der Waals surface area contributed by atoms with Gasteiger partial charge >= 0.3 is 0 Å². The van der Waals surface area contributed by atoms with Gasteiger partial charge in [-0.05, 0) is 13.0 Å². The maximum absolute atomic E-state index is 12.6. The van der Waals surface area contributed by atoms with Crippen LogP contribution in [-0.4, -0.2) is 27.3 Å². The highest BCUT2D eigenvalue weighted by Gasteiger charge is 2.26. The summed E-state index contributed by atoms with van der Waals surface area (Å²) in [5, 5.41) is 0. The van der Waals surface area contributed by atoms with Gasteiger partial charge in [0.05, 0.1) is 29.8 Å². The summed E-state index contributed by atoms with van der Waals surface area (Å²) in [7, 11) is 0. The number of nitrogens with zero attached hydrogens (tertiary/aromatic N) is 2. The third-order valence-electron chi connectivity index (χ3n) is 4.26. The lowest BCUT2D eigenvalue weighted by molar-refractivity contribution is 0.0730. The van der Waals surface area contributed by atoms with E-state index in [1.54, 1.807) is 12.3 Å². The fourth-order valence-electron chi connectivity index (χ4n) is 2.98. The molecule has 0 fully saturated rings. The van der Waals surface area contributed by atoms with Gasteiger partial charge in [0.1, 0.15) is 11.6 Å². The molecule has 0 bridgehead atoms. The van der Waals surface area contributed by atoms with Crippen LogP contribution < -0.4 is 0 Å².